The number of nitrogens with zero attached hydrogens (tertiary/aromatic N) is 2. The Bertz CT molecular complexity index is 522. The predicted octanol–water partition coefficient (Wildman–Crippen LogP) is 0.854. The largest absolute Gasteiger partial charge is 0.352 e. The number of carbonyl (C=O) groups excluding carboxylic acids is 2. The minimum atomic E-state index is -0.474. The van der Waals surface area contributed by atoms with Crippen LogP contribution in [0.25, 0.3) is 0 Å². The molecule has 1 saturated heterocycles. The average Bonchev–Trinajstić information content (AvgIpc) is 2.54. The molecule has 2 rings (SSSR count). The lowest BCUT2D eigenvalue weighted by Crippen LogP contribution is -2.49. The van der Waals surface area contributed by atoms with Crippen LogP contribution in [-0.4, -0.2) is 67.4 Å². The molecule has 1 aliphatic rings. The minimum Gasteiger partial charge on any atom is -0.352 e. The lowest BCUT2D eigenvalue weighted by molar-refractivity contribution is 0.0929. The fourth-order valence-corrected chi connectivity index (χ4v) is 2.72. The van der Waals surface area contributed by atoms with E-state index in [1.54, 1.807) is 0 Å². The van der Waals surface area contributed by atoms with Gasteiger partial charge in [-0.05, 0) is 6.92 Å². The van der Waals surface area contributed by atoms with Gasteiger partial charge in [0.05, 0.1) is 0 Å². The number of nitrogens with one attached hydrogen (secondary N) is 1. The number of nitrogens with two attached hydrogens (primary N) is 1. The van der Waals surface area contributed by atoms with E-state index in [-0.39, 0.29) is 5.78 Å². The third kappa shape index (κ3) is 6.00. The molecule has 1 aliphatic heterocycles. The van der Waals surface area contributed by atoms with Gasteiger partial charge in [-0.25, -0.2) is 4.79 Å². The molecule has 0 bridgehead atoms. The molecule has 0 atom stereocenters. The highest BCUT2D eigenvalue weighted by Crippen LogP contribution is 2.08. The van der Waals surface area contributed by atoms with Crippen LogP contribution in [-0.2, 0) is 0 Å². The van der Waals surface area contributed by atoms with Crippen molar-refractivity contribution in [3.05, 3.63) is 35.4 Å². The second-order valence-electron chi connectivity index (χ2n) is 6.01. The van der Waals surface area contributed by atoms with Crippen molar-refractivity contribution in [2.24, 2.45) is 5.73 Å². The van der Waals surface area contributed by atoms with Crippen molar-refractivity contribution in [3.63, 3.8) is 0 Å². The van der Waals surface area contributed by atoms with E-state index >= 15 is 0 Å². The molecule has 3 N–H and O–H groups in total. The molecule has 126 valence electrons. The number of Topliss-reactive ketones (excluding diaryl/α,β-unsaturated/α-hetero) is 1. The third-order valence-corrected chi connectivity index (χ3v) is 4.22. The third-order valence-electron chi connectivity index (χ3n) is 4.22. The number of piperazine rings is 1. The number of aryl methyl sites for hydroxylation is 1. The molecule has 1 aromatic rings. The topological polar surface area (TPSA) is 78.7 Å². The van der Waals surface area contributed by atoms with Crippen LogP contribution < -0.4 is 11.1 Å². The zero-order chi connectivity index (χ0) is 16.7. The van der Waals surface area contributed by atoms with Crippen LogP contribution in [0.4, 0.5) is 4.79 Å². The number of carbonyl (C=O) groups is 2. The van der Waals surface area contributed by atoms with Crippen LogP contribution in [0.5, 0.6) is 0 Å². The van der Waals surface area contributed by atoms with Crippen molar-refractivity contribution < 1.29 is 9.59 Å². The lowest BCUT2D eigenvalue weighted by atomic mass is 10.1. The van der Waals surface area contributed by atoms with Gasteiger partial charge in [-0.2, -0.15) is 0 Å². The Hall–Kier alpha value is -1.92. The second kappa shape index (κ2) is 8.64. The standard InChI is InChI=1S/C17H26N4O2/c1-14-2-4-15(5-3-14)16(22)6-8-20-10-12-21(13-11-20)9-7-19-17(18)23/h2-5H,6-13H2,1H3,(H3,18,19,23). The van der Waals surface area contributed by atoms with Gasteiger partial charge in [0.1, 0.15) is 0 Å². The normalized spacial score (nSPS) is 16.2. The summed E-state index contributed by atoms with van der Waals surface area (Å²) in [5, 5.41) is 2.61. The van der Waals surface area contributed by atoms with E-state index in [1.165, 1.54) is 5.56 Å². The monoisotopic (exact) mass is 318 g/mol. The summed E-state index contributed by atoms with van der Waals surface area (Å²) in [7, 11) is 0. The van der Waals surface area contributed by atoms with Crippen LogP contribution in [0.1, 0.15) is 22.3 Å². The van der Waals surface area contributed by atoms with E-state index < -0.39 is 6.03 Å². The molecule has 0 aromatic heterocycles. The number of ketones is 1. The summed E-state index contributed by atoms with van der Waals surface area (Å²) in [6, 6.07) is 7.29. The van der Waals surface area contributed by atoms with Crippen molar-refractivity contribution in [1.82, 2.24) is 15.1 Å². The zero-order valence-corrected chi connectivity index (χ0v) is 13.8. The maximum Gasteiger partial charge on any atom is 0.312 e. The van der Waals surface area contributed by atoms with E-state index in [0.717, 1.165) is 44.8 Å². The van der Waals surface area contributed by atoms with Gasteiger partial charge in [0, 0.05) is 57.8 Å². The summed E-state index contributed by atoms with van der Waals surface area (Å²) in [6.07, 6.45) is 0.562. The summed E-state index contributed by atoms with van der Waals surface area (Å²) in [5.41, 5.74) is 7.01. The van der Waals surface area contributed by atoms with E-state index in [0.29, 0.717) is 13.0 Å². The lowest BCUT2D eigenvalue weighted by Gasteiger charge is -2.34. The van der Waals surface area contributed by atoms with Crippen LogP contribution in [0.2, 0.25) is 0 Å². The summed E-state index contributed by atoms with van der Waals surface area (Å²) >= 11 is 0. The van der Waals surface area contributed by atoms with Crippen LogP contribution in [0, 0.1) is 6.92 Å². The molecule has 1 aromatic carbocycles. The van der Waals surface area contributed by atoms with Crippen LogP contribution in [0.15, 0.2) is 24.3 Å². The molecule has 0 spiro atoms. The second-order valence-corrected chi connectivity index (χ2v) is 6.01. The summed E-state index contributed by atoms with van der Waals surface area (Å²) in [5.74, 6) is 0.207. The van der Waals surface area contributed by atoms with E-state index in [4.69, 9.17) is 5.73 Å². The Kier molecular flexibility index (Phi) is 6.55. The Morgan fingerprint density at radius 1 is 1.04 bits per heavy atom. The molecule has 0 unspecified atom stereocenters. The Morgan fingerprint density at radius 2 is 1.61 bits per heavy atom. The first-order valence-electron chi connectivity index (χ1n) is 8.12. The van der Waals surface area contributed by atoms with Gasteiger partial charge in [-0.15, -0.1) is 0 Å². The van der Waals surface area contributed by atoms with Crippen LogP contribution >= 0.6 is 0 Å². The summed E-state index contributed by atoms with van der Waals surface area (Å²) in [4.78, 5) is 27.4. The van der Waals surface area contributed by atoms with Gasteiger partial charge < -0.3 is 16.0 Å². The number of hydrogen-bond acceptors (Lipinski definition) is 4. The molecular weight excluding hydrogens is 292 g/mol. The number of rotatable bonds is 7. The van der Waals surface area contributed by atoms with Crippen molar-refractivity contribution in [1.29, 1.82) is 0 Å². The first kappa shape index (κ1) is 17.4. The van der Waals surface area contributed by atoms with Crippen molar-refractivity contribution in [2.45, 2.75) is 13.3 Å². The maximum atomic E-state index is 12.2. The number of urea groups is 1. The highest BCUT2D eigenvalue weighted by Gasteiger charge is 2.17. The number of amides is 2. The van der Waals surface area contributed by atoms with Gasteiger partial charge >= 0.3 is 6.03 Å². The van der Waals surface area contributed by atoms with E-state index in [1.807, 2.05) is 31.2 Å². The van der Waals surface area contributed by atoms with E-state index in [2.05, 4.69) is 15.1 Å². The molecule has 1 fully saturated rings. The molecule has 0 saturated carbocycles. The molecule has 1 heterocycles. The van der Waals surface area contributed by atoms with Gasteiger partial charge in [0.2, 0.25) is 0 Å². The molecule has 6 heteroatoms. The van der Waals surface area contributed by atoms with Gasteiger partial charge in [-0.3, -0.25) is 9.69 Å². The SMILES string of the molecule is Cc1ccc(C(=O)CCN2CCN(CCNC(N)=O)CC2)cc1. The summed E-state index contributed by atoms with van der Waals surface area (Å²) < 4.78 is 0. The Balaban J connectivity index is 1.65. The fourth-order valence-electron chi connectivity index (χ4n) is 2.72. The number of hydrogen-bond donors (Lipinski definition) is 2. The van der Waals surface area contributed by atoms with Crippen molar-refractivity contribution >= 4 is 11.8 Å². The highest BCUT2D eigenvalue weighted by atomic mass is 16.2. The molecule has 6 nitrogen and oxygen atoms in total. The van der Waals surface area contributed by atoms with Crippen molar-refractivity contribution in [3.8, 4) is 0 Å². The average molecular weight is 318 g/mol. The first-order valence-corrected chi connectivity index (χ1v) is 8.12. The maximum absolute atomic E-state index is 12.2. The van der Waals surface area contributed by atoms with Gasteiger partial charge in [0.25, 0.3) is 0 Å². The molecule has 2 amide bonds. The molecule has 23 heavy (non-hydrogen) atoms. The highest BCUT2D eigenvalue weighted by molar-refractivity contribution is 5.96. The molecular formula is C17H26N4O2. The van der Waals surface area contributed by atoms with E-state index in [9.17, 15) is 9.59 Å². The minimum absolute atomic E-state index is 0.207. The summed E-state index contributed by atoms with van der Waals surface area (Å²) in [6.45, 7) is 8.06. The first-order chi connectivity index (χ1) is 11.0. The molecule has 0 radical (unpaired) electrons. The number of benzene rings is 1. The molecule has 0 aliphatic carbocycles. The smallest absolute Gasteiger partial charge is 0.312 e. The van der Waals surface area contributed by atoms with Crippen LogP contribution in [0.3, 0.4) is 0 Å². The van der Waals surface area contributed by atoms with Gasteiger partial charge in [0.15, 0.2) is 5.78 Å². The Morgan fingerprint density at radius 3 is 2.17 bits per heavy atom. The Labute approximate surface area is 137 Å². The quantitative estimate of drug-likeness (QED) is 0.731. The zero-order valence-electron chi connectivity index (χ0n) is 13.8. The van der Waals surface area contributed by atoms with Crippen molar-refractivity contribution in [2.75, 3.05) is 45.8 Å². The fraction of sp³-hybridized carbons (Fsp3) is 0.529. The van der Waals surface area contributed by atoms with Gasteiger partial charge in [-0.1, -0.05) is 29.8 Å². The predicted molar refractivity (Wildman–Crippen MR) is 90.6 cm³/mol. The number of primary amides is 1.